The van der Waals surface area contributed by atoms with Gasteiger partial charge in [0, 0.05) is 13.1 Å². The van der Waals surface area contributed by atoms with Gasteiger partial charge < -0.3 is 4.90 Å². The Balaban J connectivity index is 2.21. The average molecular weight is 243 g/mol. The molecule has 0 bridgehead atoms. The molecule has 3 heteroatoms. The minimum atomic E-state index is -0.481. The molecule has 0 saturated heterocycles. The van der Waals surface area contributed by atoms with E-state index in [1.54, 1.807) is 0 Å². The summed E-state index contributed by atoms with van der Waals surface area (Å²) in [6.07, 6.45) is 3.09. The van der Waals surface area contributed by atoms with E-state index in [4.69, 9.17) is 0 Å². The van der Waals surface area contributed by atoms with Crippen molar-refractivity contribution in [3.8, 4) is 6.07 Å². The number of aryl methyl sites for hydroxylation is 1. The largest absolute Gasteiger partial charge is 0.308 e. The predicted molar refractivity (Wildman–Crippen MR) is 73.2 cm³/mol. The van der Waals surface area contributed by atoms with Crippen molar-refractivity contribution in [1.82, 2.24) is 10.2 Å². The first-order valence-corrected chi connectivity index (χ1v) is 6.57. The molecular formula is C15H21N3. The van der Waals surface area contributed by atoms with Crippen molar-refractivity contribution in [3.63, 3.8) is 0 Å². The molecule has 0 radical (unpaired) electrons. The van der Waals surface area contributed by atoms with Crippen molar-refractivity contribution in [3.05, 3.63) is 35.4 Å². The number of hydrogen-bond donors (Lipinski definition) is 1. The summed E-state index contributed by atoms with van der Waals surface area (Å²) in [6, 6.07) is 10.9. The molecule has 0 aliphatic heterocycles. The lowest BCUT2D eigenvalue weighted by Crippen LogP contribution is -2.46. The van der Waals surface area contributed by atoms with Gasteiger partial charge in [0.1, 0.15) is 5.54 Å². The fourth-order valence-electron chi connectivity index (χ4n) is 2.67. The molecule has 1 aliphatic carbocycles. The Hall–Kier alpha value is -1.37. The van der Waals surface area contributed by atoms with Crippen molar-refractivity contribution >= 4 is 0 Å². The van der Waals surface area contributed by atoms with Gasteiger partial charge in [0.15, 0.2) is 0 Å². The lowest BCUT2D eigenvalue weighted by atomic mass is 9.77. The van der Waals surface area contributed by atoms with Crippen LogP contribution in [0.1, 0.15) is 24.0 Å². The summed E-state index contributed by atoms with van der Waals surface area (Å²) >= 11 is 0. The van der Waals surface area contributed by atoms with Crippen LogP contribution in [0.25, 0.3) is 0 Å². The van der Waals surface area contributed by atoms with E-state index in [-0.39, 0.29) is 0 Å². The van der Waals surface area contributed by atoms with Crippen molar-refractivity contribution < 1.29 is 0 Å². The number of likely N-dealkylation sites (N-methyl/N-ethyl adjacent to an activating group) is 1. The lowest BCUT2D eigenvalue weighted by molar-refractivity contribution is 0.328. The van der Waals surface area contributed by atoms with E-state index >= 15 is 0 Å². The van der Waals surface area contributed by atoms with Crippen molar-refractivity contribution in [2.75, 3.05) is 27.2 Å². The van der Waals surface area contributed by atoms with Crippen LogP contribution in [0.3, 0.4) is 0 Å². The maximum Gasteiger partial charge on any atom is 0.132 e. The number of fused-ring (bicyclic) bond motifs is 1. The van der Waals surface area contributed by atoms with E-state index in [1.165, 1.54) is 11.1 Å². The summed E-state index contributed by atoms with van der Waals surface area (Å²) in [5.74, 6) is 0. The van der Waals surface area contributed by atoms with Crippen LogP contribution in [-0.2, 0) is 12.0 Å². The van der Waals surface area contributed by atoms with Gasteiger partial charge in [-0.2, -0.15) is 5.26 Å². The van der Waals surface area contributed by atoms with Crippen LogP contribution >= 0.6 is 0 Å². The highest BCUT2D eigenvalue weighted by Gasteiger charge is 2.35. The predicted octanol–water partition coefficient (Wildman–Crippen LogP) is 1.89. The highest BCUT2D eigenvalue weighted by Crippen LogP contribution is 2.34. The maximum atomic E-state index is 9.63. The third-order valence-corrected chi connectivity index (χ3v) is 3.65. The first kappa shape index (κ1) is 13.1. The fourth-order valence-corrected chi connectivity index (χ4v) is 2.67. The molecule has 3 nitrogen and oxygen atoms in total. The average Bonchev–Trinajstić information content (AvgIpc) is 2.38. The van der Waals surface area contributed by atoms with E-state index in [2.05, 4.69) is 48.6 Å². The van der Waals surface area contributed by atoms with Crippen LogP contribution in [0.15, 0.2) is 24.3 Å². The Labute approximate surface area is 109 Å². The fraction of sp³-hybridized carbons (Fsp3) is 0.533. The van der Waals surface area contributed by atoms with Gasteiger partial charge in [-0.25, -0.2) is 0 Å². The van der Waals surface area contributed by atoms with Crippen LogP contribution in [0, 0.1) is 11.3 Å². The first-order valence-electron chi connectivity index (χ1n) is 6.57. The van der Waals surface area contributed by atoms with Crippen molar-refractivity contribution in [2.45, 2.75) is 24.8 Å². The third-order valence-electron chi connectivity index (χ3n) is 3.65. The molecule has 1 atom stereocenters. The molecule has 1 aromatic rings. The highest BCUT2D eigenvalue weighted by molar-refractivity contribution is 5.40. The second-order valence-corrected chi connectivity index (χ2v) is 5.26. The smallest absolute Gasteiger partial charge is 0.132 e. The summed E-state index contributed by atoms with van der Waals surface area (Å²) in [5, 5.41) is 13.1. The minimum absolute atomic E-state index is 0.481. The summed E-state index contributed by atoms with van der Waals surface area (Å²) < 4.78 is 0. The maximum absolute atomic E-state index is 9.63. The molecule has 0 fully saturated rings. The van der Waals surface area contributed by atoms with E-state index in [0.29, 0.717) is 0 Å². The van der Waals surface area contributed by atoms with Crippen LogP contribution in [0.5, 0.6) is 0 Å². The van der Waals surface area contributed by atoms with E-state index in [1.807, 2.05) is 6.07 Å². The molecule has 1 unspecified atom stereocenters. The third kappa shape index (κ3) is 2.55. The Morgan fingerprint density at radius 1 is 1.39 bits per heavy atom. The molecule has 0 amide bonds. The quantitative estimate of drug-likeness (QED) is 0.877. The second kappa shape index (κ2) is 5.51. The summed E-state index contributed by atoms with van der Waals surface area (Å²) in [7, 11) is 4.10. The SMILES string of the molecule is CN(C)CCNC1(C#N)CCCc2ccccc21. The molecule has 0 aromatic heterocycles. The summed E-state index contributed by atoms with van der Waals surface area (Å²) in [4.78, 5) is 2.13. The Kier molecular flexibility index (Phi) is 4.00. The van der Waals surface area contributed by atoms with Crippen LogP contribution in [-0.4, -0.2) is 32.1 Å². The standard InChI is InChI=1S/C15H21N3/c1-18(2)11-10-17-15(12-16)9-5-7-13-6-3-4-8-14(13)15/h3-4,6,8,17H,5,7,9-11H2,1-2H3. The first-order chi connectivity index (χ1) is 8.68. The zero-order chi connectivity index (χ0) is 13.0. The van der Waals surface area contributed by atoms with Gasteiger partial charge in [-0.1, -0.05) is 24.3 Å². The van der Waals surface area contributed by atoms with Crippen molar-refractivity contribution in [1.29, 1.82) is 5.26 Å². The van der Waals surface area contributed by atoms with Gasteiger partial charge in [0.2, 0.25) is 0 Å². The summed E-state index contributed by atoms with van der Waals surface area (Å²) in [6.45, 7) is 1.79. The zero-order valence-electron chi connectivity index (χ0n) is 11.2. The van der Waals surface area contributed by atoms with E-state index < -0.39 is 5.54 Å². The van der Waals surface area contributed by atoms with Gasteiger partial charge in [0.05, 0.1) is 6.07 Å². The Bertz CT molecular complexity index is 447. The Morgan fingerprint density at radius 2 is 2.17 bits per heavy atom. The van der Waals surface area contributed by atoms with Gasteiger partial charge in [-0.05, 0) is 44.5 Å². The van der Waals surface area contributed by atoms with E-state index in [9.17, 15) is 5.26 Å². The highest BCUT2D eigenvalue weighted by atomic mass is 15.1. The number of nitriles is 1. The van der Waals surface area contributed by atoms with Crippen molar-refractivity contribution in [2.24, 2.45) is 0 Å². The molecule has 1 aromatic carbocycles. The van der Waals surface area contributed by atoms with Gasteiger partial charge in [-0.15, -0.1) is 0 Å². The number of hydrogen-bond acceptors (Lipinski definition) is 3. The lowest BCUT2D eigenvalue weighted by Gasteiger charge is -2.34. The Morgan fingerprint density at radius 3 is 2.89 bits per heavy atom. The molecular weight excluding hydrogens is 222 g/mol. The van der Waals surface area contributed by atoms with Gasteiger partial charge in [-0.3, -0.25) is 5.32 Å². The van der Waals surface area contributed by atoms with Gasteiger partial charge in [0.25, 0.3) is 0 Å². The summed E-state index contributed by atoms with van der Waals surface area (Å²) in [5.41, 5.74) is 2.02. The number of nitrogens with zero attached hydrogens (tertiary/aromatic N) is 2. The molecule has 96 valence electrons. The normalized spacial score (nSPS) is 22.6. The minimum Gasteiger partial charge on any atom is -0.308 e. The van der Waals surface area contributed by atoms with Gasteiger partial charge >= 0.3 is 0 Å². The molecule has 0 heterocycles. The molecule has 0 spiro atoms. The van der Waals surface area contributed by atoms with Crippen LogP contribution in [0.2, 0.25) is 0 Å². The number of rotatable bonds is 4. The molecule has 18 heavy (non-hydrogen) atoms. The molecule has 1 aliphatic rings. The number of nitrogens with one attached hydrogen (secondary N) is 1. The molecule has 0 saturated carbocycles. The van der Waals surface area contributed by atoms with Crippen LogP contribution in [0.4, 0.5) is 0 Å². The molecule has 2 rings (SSSR count). The molecule has 1 N–H and O–H groups in total. The monoisotopic (exact) mass is 243 g/mol. The zero-order valence-corrected chi connectivity index (χ0v) is 11.2. The topological polar surface area (TPSA) is 39.1 Å². The second-order valence-electron chi connectivity index (χ2n) is 5.26. The van der Waals surface area contributed by atoms with Crippen LogP contribution < -0.4 is 5.32 Å². The number of benzene rings is 1. The van der Waals surface area contributed by atoms with E-state index in [0.717, 1.165) is 32.4 Å².